The van der Waals surface area contributed by atoms with E-state index in [1.807, 2.05) is 19.9 Å². The summed E-state index contributed by atoms with van der Waals surface area (Å²) >= 11 is 0. The zero-order valence-corrected chi connectivity index (χ0v) is 21.3. The van der Waals surface area contributed by atoms with Crippen LogP contribution in [0.5, 0.6) is 5.75 Å². The van der Waals surface area contributed by atoms with E-state index in [2.05, 4.69) is 10.6 Å². The number of phenolic OH excluding ortho intramolecular Hbond substituents is 1. The summed E-state index contributed by atoms with van der Waals surface area (Å²) in [5, 5.41) is 25.6. The molecule has 8 atom stereocenters. The number of hydrogen-bond donors (Lipinski definition) is 4. The van der Waals surface area contributed by atoms with Crippen LogP contribution >= 0.6 is 0 Å². The second kappa shape index (κ2) is 8.87. The van der Waals surface area contributed by atoms with Gasteiger partial charge in [-0.15, -0.1) is 0 Å². The lowest BCUT2D eigenvalue weighted by molar-refractivity contribution is -0.142. The fourth-order valence-corrected chi connectivity index (χ4v) is 8.19. The maximum Gasteiger partial charge on any atom is 0.420 e. The van der Waals surface area contributed by atoms with Gasteiger partial charge in [-0.1, -0.05) is 19.9 Å². The largest absolute Gasteiger partial charge is 0.507 e. The molecule has 0 radical (unpaired) electrons. The first-order chi connectivity index (χ1) is 18.0. The van der Waals surface area contributed by atoms with E-state index in [1.54, 1.807) is 0 Å². The van der Waals surface area contributed by atoms with Crippen molar-refractivity contribution < 1.29 is 46.1 Å². The molecule has 3 fully saturated rings. The molecule has 6 nitrogen and oxygen atoms in total. The van der Waals surface area contributed by atoms with E-state index in [9.17, 15) is 46.1 Å². The summed E-state index contributed by atoms with van der Waals surface area (Å²) in [6.07, 6.45) is -5.20. The third-order valence-corrected chi connectivity index (χ3v) is 10.0. The zero-order chi connectivity index (χ0) is 28.7. The lowest BCUT2D eigenvalue weighted by Crippen LogP contribution is -2.64. The van der Waals surface area contributed by atoms with Crippen molar-refractivity contribution in [2.45, 2.75) is 70.4 Å². The number of aliphatic hydroxyl groups excluding tert-OH is 1. The summed E-state index contributed by atoms with van der Waals surface area (Å²) in [7, 11) is 0. The number of hydrogen-bond acceptors (Lipinski definition) is 4. The predicted molar refractivity (Wildman–Crippen MR) is 127 cm³/mol. The molecule has 1 unspecified atom stereocenters. The molecule has 4 aliphatic rings. The van der Waals surface area contributed by atoms with Gasteiger partial charge in [0.05, 0.1) is 29.0 Å². The summed E-state index contributed by atoms with van der Waals surface area (Å²) in [5.41, 5.74) is -5.43. The van der Waals surface area contributed by atoms with Crippen molar-refractivity contribution in [3.8, 4) is 5.75 Å². The molecule has 0 aromatic heterocycles. The summed E-state index contributed by atoms with van der Waals surface area (Å²) in [6.45, 7) is 3.89. The molecule has 4 N–H and O–H groups in total. The Labute approximate surface area is 220 Å². The Hall–Kier alpha value is -2.76. The average Bonchev–Trinajstić information content (AvgIpc) is 3.17. The highest BCUT2D eigenvalue weighted by molar-refractivity contribution is 5.94. The van der Waals surface area contributed by atoms with Gasteiger partial charge in [-0.05, 0) is 73.5 Å². The number of benzene rings is 1. The second-order valence-corrected chi connectivity index (χ2v) is 11.9. The number of carbonyl (C=O) groups excluding carboxylic acids is 2. The quantitative estimate of drug-likeness (QED) is 0.293. The highest BCUT2D eigenvalue weighted by Gasteiger charge is 2.62. The molecule has 1 aliphatic heterocycles. The van der Waals surface area contributed by atoms with Crippen LogP contribution in [0.25, 0.3) is 0 Å². The minimum absolute atomic E-state index is 0.00584. The normalized spacial score (nSPS) is 37.9. The number of aromatic hydroxyl groups is 1. The van der Waals surface area contributed by atoms with Gasteiger partial charge in [0.1, 0.15) is 5.75 Å². The number of nitrogens with one attached hydrogen (secondary N) is 2. The predicted octanol–water partition coefficient (Wildman–Crippen LogP) is 5.25. The van der Waals surface area contributed by atoms with Crippen LogP contribution in [0, 0.1) is 34.5 Å². The van der Waals surface area contributed by atoms with Crippen molar-refractivity contribution >= 4 is 17.5 Å². The number of aliphatic hydroxyl groups is 1. The number of carbonyl (C=O) groups is 2. The monoisotopic (exact) mass is 560 g/mol. The highest BCUT2D eigenvalue weighted by atomic mass is 19.4. The van der Waals surface area contributed by atoms with Crippen LogP contribution in [0.2, 0.25) is 0 Å². The molecule has 5 rings (SSSR count). The molecule has 1 aromatic carbocycles. The first-order valence-electron chi connectivity index (χ1n) is 13.0. The van der Waals surface area contributed by atoms with E-state index in [-0.39, 0.29) is 35.8 Å². The van der Waals surface area contributed by atoms with Crippen LogP contribution in [0.15, 0.2) is 24.3 Å². The fraction of sp³-hybridized carbons (Fsp3) is 0.630. The average molecular weight is 561 g/mol. The van der Waals surface area contributed by atoms with Gasteiger partial charge >= 0.3 is 12.4 Å². The van der Waals surface area contributed by atoms with Crippen LogP contribution < -0.4 is 10.6 Å². The Balaban J connectivity index is 1.43. The zero-order valence-electron chi connectivity index (χ0n) is 21.3. The summed E-state index contributed by atoms with van der Waals surface area (Å²) in [4.78, 5) is 25.4. The number of phenols is 1. The van der Waals surface area contributed by atoms with Crippen molar-refractivity contribution in [3.63, 3.8) is 0 Å². The van der Waals surface area contributed by atoms with Crippen molar-refractivity contribution in [2.75, 3.05) is 5.32 Å². The van der Waals surface area contributed by atoms with Gasteiger partial charge in [-0.25, -0.2) is 0 Å². The molecule has 39 heavy (non-hydrogen) atoms. The number of rotatable bonds is 2. The van der Waals surface area contributed by atoms with E-state index >= 15 is 0 Å². The lowest BCUT2D eigenvalue weighted by Gasteiger charge is -2.59. The number of amides is 2. The van der Waals surface area contributed by atoms with Crippen molar-refractivity contribution in [1.82, 2.24) is 5.32 Å². The molecule has 2 amide bonds. The minimum Gasteiger partial charge on any atom is -0.507 e. The maximum absolute atomic E-state index is 13.6. The number of halogens is 6. The van der Waals surface area contributed by atoms with Gasteiger partial charge in [0, 0.05) is 11.3 Å². The standard InChI is InChI=1S/C27H30F6N2O4/c1-24-7-5-14-12(9-20(37)22-25(14,2)8-6-21(38)35-22)13(24)3-4-15(24)23(39)34-18-10-17(27(31,32)33)19(36)11-16(18)26(28,29)30/h6,8,10-15,20,22,36-37H,3-5,7,9H2,1-2H3,(H,34,39)(H,35,38)/t12-,13-,14-,15+,20+,22?,24-,25+/m0/s1. The van der Waals surface area contributed by atoms with E-state index in [4.69, 9.17) is 0 Å². The van der Waals surface area contributed by atoms with Gasteiger partial charge in [-0.3, -0.25) is 9.59 Å². The molecule has 0 bridgehead atoms. The van der Waals surface area contributed by atoms with Gasteiger partial charge in [0.15, 0.2) is 0 Å². The summed E-state index contributed by atoms with van der Waals surface area (Å²) in [5.74, 6) is -3.34. The van der Waals surface area contributed by atoms with Crippen molar-refractivity contribution in [2.24, 2.45) is 34.5 Å². The van der Waals surface area contributed by atoms with Crippen molar-refractivity contribution in [3.05, 3.63) is 35.4 Å². The lowest BCUT2D eigenvalue weighted by atomic mass is 9.47. The smallest absolute Gasteiger partial charge is 0.420 e. The van der Waals surface area contributed by atoms with Crippen LogP contribution in [0.1, 0.15) is 57.1 Å². The van der Waals surface area contributed by atoms with Gasteiger partial charge < -0.3 is 20.8 Å². The van der Waals surface area contributed by atoms with Crippen LogP contribution in [-0.2, 0) is 21.9 Å². The third-order valence-electron chi connectivity index (χ3n) is 10.0. The van der Waals surface area contributed by atoms with E-state index < -0.39 is 69.7 Å². The number of fused-ring (bicyclic) bond motifs is 5. The molecule has 3 aliphatic carbocycles. The second-order valence-electron chi connectivity index (χ2n) is 11.9. The van der Waals surface area contributed by atoms with Crippen LogP contribution in [0.4, 0.5) is 32.0 Å². The fourth-order valence-electron chi connectivity index (χ4n) is 8.19. The van der Waals surface area contributed by atoms with Crippen LogP contribution in [0.3, 0.4) is 0 Å². The molecule has 3 saturated carbocycles. The number of anilines is 1. The van der Waals surface area contributed by atoms with E-state index in [0.717, 1.165) is 0 Å². The Kier molecular flexibility index (Phi) is 6.32. The Morgan fingerprint density at radius 3 is 2.33 bits per heavy atom. The SMILES string of the molecule is C[C@]12CC[C@H]3[C@@H](C[C@@H](O)C4NC(=O)C=C[C@@]43C)[C@@H]1CC[C@@H]2C(=O)Nc1cc(C(F)(F)F)c(O)cc1C(F)(F)F. The van der Waals surface area contributed by atoms with Crippen LogP contribution in [-0.4, -0.2) is 34.2 Å². The molecule has 1 aromatic rings. The molecule has 12 heteroatoms. The Morgan fingerprint density at radius 2 is 1.69 bits per heavy atom. The van der Waals surface area contributed by atoms with Gasteiger partial charge in [0.25, 0.3) is 0 Å². The first kappa shape index (κ1) is 27.8. The first-order valence-corrected chi connectivity index (χ1v) is 13.0. The molecule has 1 heterocycles. The summed E-state index contributed by atoms with van der Waals surface area (Å²) in [6, 6.07) is -0.330. The molecular weight excluding hydrogens is 530 g/mol. The topological polar surface area (TPSA) is 98.7 Å². The molecule has 214 valence electrons. The number of alkyl halides is 6. The van der Waals surface area contributed by atoms with E-state index in [0.29, 0.717) is 32.1 Å². The minimum atomic E-state index is -5.13. The highest BCUT2D eigenvalue weighted by Crippen LogP contribution is 2.65. The third kappa shape index (κ3) is 4.38. The van der Waals surface area contributed by atoms with E-state index in [1.165, 1.54) is 6.08 Å². The van der Waals surface area contributed by atoms with Crippen molar-refractivity contribution in [1.29, 1.82) is 0 Å². The molecular formula is C27H30F6N2O4. The maximum atomic E-state index is 13.6. The summed E-state index contributed by atoms with van der Waals surface area (Å²) < 4.78 is 80.9. The molecule has 0 spiro atoms. The van der Waals surface area contributed by atoms with Gasteiger partial charge in [0.2, 0.25) is 11.8 Å². The van der Waals surface area contributed by atoms with Gasteiger partial charge in [-0.2, -0.15) is 26.3 Å². The molecule has 0 saturated heterocycles. The Morgan fingerprint density at radius 1 is 1.03 bits per heavy atom. The Bertz CT molecular complexity index is 1230.